The van der Waals surface area contributed by atoms with Crippen molar-refractivity contribution in [3.05, 3.63) is 75.9 Å². The largest absolute Gasteiger partial charge is 0.0620 e. The molecule has 0 unspecified atom stereocenters. The van der Waals surface area contributed by atoms with E-state index >= 15 is 0 Å². The van der Waals surface area contributed by atoms with Gasteiger partial charge in [0.2, 0.25) is 0 Å². The van der Waals surface area contributed by atoms with Crippen molar-refractivity contribution in [2.75, 3.05) is 0 Å². The first-order valence-electron chi connectivity index (χ1n) is 7.24. The first kappa shape index (κ1) is 11.0. The number of fused-ring (bicyclic) bond motifs is 4. The molecule has 2 aliphatic rings. The highest BCUT2D eigenvalue weighted by molar-refractivity contribution is 5.87. The number of benzene rings is 2. The van der Waals surface area contributed by atoms with Gasteiger partial charge in [0, 0.05) is 0 Å². The van der Waals surface area contributed by atoms with Crippen LogP contribution in [0.4, 0.5) is 0 Å². The quantitative estimate of drug-likeness (QED) is 0.632. The average molecular weight is 246 g/mol. The smallest absolute Gasteiger partial charge is 0.0114 e. The van der Waals surface area contributed by atoms with E-state index in [1.54, 1.807) is 16.7 Å². The van der Waals surface area contributed by atoms with Gasteiger partial charge in [0.15, 0.2) is 0 Å². The highest BCUT2D eigenvalue weighted by Gasteiger charge is 2.25. The zero-order chi connectivity index (χ0) is 12.8. The molecule has 2 aliphatic carbocycles. The first-order valence-corrected chi connectivity index (χ1v) is 7.24. The Morgan fingerprint density at radius 3 is 2.47 bits per heavy atom. The lowest BCUT2D eigenvalue weighted by Crippen LogP contribution is -2.13. The van der Waals surface area contributed by atoms with Gasteiger partial charge in [-0.05, 0) is 66.0 Å². The van der Waals surface area contributed by atoms with Crippen molar-refractivity contribution in [1.82, 2.24) is 0 Å². The molecule has 94 valence electrons. The standard InChI is InChI=1S/C19H18/c1-13-5-4-8-18-16(13)12-11-15-10-9-14-6-2-3-7-17(14)19(15)18/h2-8H,9-12H2,1H3. The van der Waals surface area contributed by atoms with Crippen LogP contribution in [-0.4, -0.2) is 0 Å². The maximum absolute atomic E-state index is 2.32. The van der Waals surface area contributed by atoms with E-state index in [1.165, 1.54) is 47.9 Å². The number of aryl methyl sites for hydroxylation is 2. The lowest BCUT2D eigenvalue weighted by molar-refractivity contribution is 0.803. The van der Waals surface area contributed by atoms with Gasteiger partial charge < -0.3 is 0 Å². The molecule has 0 atom stereocenters. The maximum atomic E-state index is 2.32. The Morgan fingerprint density at radius 2 is 1.53 bits per heavy atom. The summed E-state index contributed by atoms with van der Waals surface area (Å²) >= 11 is 0. The van der Waals surface area contributed by atoms with E-state index in [1.807, 2.05) is 0 Å². The maximum Gasteiger partial charge on any atom is -0.0114 e. The van der Waals surface area contributed by atoms with E-state index in [4.69, 9.17) is 0 Å². The summed E-state index contributed by atoms with van der Waals surface area (Å²) in [5.41, 5.74) is 10.7. The minimum atomic E-state index is 1.22. The molecule has 0 fully saturated rings. The topological polar surface area (TPSA) is 0 Å². The molecule has 0 saturated heterocycles. The fourth-order valence-corrected chi connectivity index (χ4v) is 3.71. The van der Waals surface area contributed by atoms with Gasteiger partial charge in [-0.1, -0.05) is 48.0 Å². The van der Waals surface area contributed by atoms with Crippen molar-refractivity contribution < 1.29 is 0 Å². The zero-order valence-corrected chi connectivity index (χ0v) is 11.4. The highest BCUT2D eigenvalue weighted by atomic mass is 14.3. The van der Waals surface area contributed by atoms with Crippen molar-refractivity contribution in [1.29, 1.82) is 0 Å². The van der Waals surface area contributed by atoms with Crippen LogP contribution in [0.5, 0.6) is 0 Å². The molecule has 2 aromatic rings. The second-order valence-corrected chi connectivity index (χ2v) is 5.74. The van der Waals surface area contributed by atoms with Crippen LogP contribution in [0.3, 0.4) is 0 Å². The van der Waals surface area contributed by atoms with Gasteiger partial charge in [0.1, 0.15) is 0 Å². The normalized spacial score (nSPS) is 16.7. The summed E-state index contributed by atoms with van der Waals surface area (Å²) < 4.78 is 0. The summed E-state index contributed by atoms with van der Waals surface area (Å²) in [6.45, 7) is 2.25. The van der Waals surface area contributed by atoms with Crippen molar-refractivity contribution in [2.45, 2.75) is 32.6 Å². The molecule has 0 nitrogen and oxygen atoms in total. The molecule has 0 spiro atoms. The third kappa shape index (κ3) is 1.59. The molecule has 0 heterocycles. The molecule has 2 aromatic carbocycles. The monoisotopic (exact) mass is 246 g/mol. The van der Waals surface area contributed by atoms with Gasteiger partial charge in [-0.15, -0.1) is 0 Å². The Balaban J connectivity index is 2.01. The molecule has 0 saturated carbocycles. The summed E-state index contributed by atoms with van der Waals surface area (Å²) in [6.07, 6.45) is 4.94. The van der Waals surface area contributed by atoms with Crippen molar-refractivity contribution >= 4 is 5.57 Å². The minimum Gasteiger partial charge on any atom is -0.0620 e. The molecule has 0 bridgehead atoms. The average Bonchev–Trinajstić information content (AvgIpc) is 2.47. The van der Waals surface area contributed by atoms with E-state index in [0.29, 0.717) is 0 Å². The molecular formula is C19H18. The number of allylic oxidation sites excluding steroid dienone is 1. The van der Waals surface area contributed by atoms with Crippen LogP contribution in [0.1, 0.15) is 40.7 Å². The van der Waals surface area contributed by atoms with Gasteiger partial charge in [-0.2, -0.15) is 0 Å². The van der Waals surface area contributed by atoms with Crippen LogP contribution in [-0.2, 0) is 12.8 Å². The molecule has 19 heavy (non-hydrogen) atoms. The van der Waals surface area contributed by atoms with Crippen LogP contribution in [0.15, 0.2) is 48.0 Å². The van der Waals surface area contributed by atoms with Gasteiger partial charge in [0.25, 0.3) is 0 Å². The van der Waals surface area contributed by atoms with E-state index in [0.717, 1.165) is 0 Å². The van der Waals surface area contributed by atoms with Crippen LogP contribution in [0.25, 0.3) is 5.57 Å². The fraction of sp³-hybridized carbons (Fsp3) is 0.263. The van der Waals surface area contributed by atoms with Gasteiger partial charge in [-0.3, -0.25) is 0 Å². The van der Waals surface area contributed by atoms with E-state index in [-0.39, 0.29) is 0 Å². The Labute approximate surface area is 114 Å². The minimum absolute atomic E-state index is 1.22. The summed E-state index contributed by atoms with van der Waals surface area (Å²) in [7, 11) is 0. The summed E-state index contributed by atoms with van der Waals surface area (Å²) in [5.74, 6) is 0. The molecule has 0 aromatic heterocycles. The zero-order valence-electron chi connectivity index (χ0n) is 11.4. The fourth-order valence-electron chi connectivity index (χ4n) is 3.71. The molecule has 0 N–H and O–H groups in total. The number of hydrogen-bond donors (Lipinski definition) is 0. The van der Waals surface area contributed by atoms with Gasteiger partial charge in [-0.25, -0.2) is 0 Å². The molecule has 0 heteroatoms. The molecule has 0 aliphatic heterocycles. The lowest BCUT2D eigenvalue weighted by Gasteiger charge is -2.30. The second-order valence-electron chi connectivity index (χ2n) is 5.74. The summed E-state index contributed by atoms with van der Waals surface area (Å²) in [4.78, 5) is 0. The number of hydrogen-bond acceptors (Lipinski definition) is 0. The summed E-state index contributed by atoms with van der Waals surface area (Å²) in [5, 5.41) is 0. The molecule has 0 radical (unpaired) electrons. The van der Waals surface area contributed by atoms with E-state index < -0.39 is 0 Å². The third-order valence-electron chi connectivity index (χ3n) is 4.69. The molecular weight excluding hydrogens is 228 g/mol. The SMILES string of the molecule is Cc1cccc2c1CCC1=C2c2ccccc2CC1. The third-order valence-corrected chi connectivity index (χ3v) is 4.69. The molecule has 0 amide bonds. The van der Waals surface area contributed by atoms with E-state index in [9.17, 15) is 0 Å². The van der Waals surface area contributed by atoms with Crippen LogP contribution < -0.4 is 0 Å². The number of rotatable bonds is 0. The Morgan fingerprint density at radius 1 is 0.737 bits per heavy atom. The molecule has 4 rings (SSSR count). The van der Waals surface area contributed by atoms with Crippen molar-refractivity contribution in [3.8, 4) is 0 Å². The Hall–Kier alpha value is -1.82. The predicted octanol–water partition coefficient (Wildman–Crippen LogP) is 4.69. The van der Waals surface area contributed by atoms with Gasteiger partial charge in [0.05, 0.1) is 0 Å². The first-order chi connectivity index (χ1) is 9.34. The van der Waals surface area contributed by atoms with Gasteiger partial charge >= 0.3 is 0 Å². The van der Waals surface area contributed by atoms with Crippen LogP contribution in [0.2, 0.25) is 0 Å². The van der Waals surface area contributed by atoms with Crippen molar-refractivity contribution in [2.24, 2.45) is 0 Å². The highest BCUT2D eigenvalue weighted by Crippen LogP contribution is 2.42. The second kappa shape index (κ2) is 4.09. The Kier molecular flexibility index (Phi) is 2.38. The Bertz CT molecular complexity index is 689. The van der Waals surface area contributed by atoms with Crippen LogP contribution >= 0.6 is 0 Å². The predicted molar refractivity (Wildman–Crippen MR) is 80.3 cm³/mol. The van der Waals surface area contributed by atoms with E-state index in [2.05, 4.69) is 49.4 Å². The van der Waals surface area contributed by atoms with Crippen molar-refractivity contribution in [3.63, 3.8) is 0 Å². The summed E-state index contributed by atoms with van der Waals surface area (Å²) in [6, 6.07) is 15.7. The lowest BCUT2D eigenvalue weighted by atomic mass is 9.74. The van der Waals surface area contributed by atoms with Crippen LogP contribution in [0, 0.1) is 6.92 Å².